The predicted molar refractivity (Wildman–Crippen MR) is 352 cm³/mol. The van der Waals surface area contributed by atoms with Gasteiger partial charge in [0.05, 0.1) is 25.4 Å². The molecular formula is C74H143NO5. The maximum Gasteiger partial charge on any atom is 0.305 e. The van der Waals surface area contributed by atoms with E-state index in [0.717, 1.165) is 51.4 Å². The van der Waals surface area contributed by atoms with Crippen molar-refractivity contribution in [3.63, 3.8) is 0 Å². The first-order valence-corrected chi connectivity index (χ1v) is 36.6. The van der Waals surface area contributed by atoms with E-state index in [1.165, 1.54) is 327 Å². The first kappa shape index (κ1) is 78.3. The lowest BCUT2D eigenvalue weighted by molar-refractivity contribution is -0.143. The third-order valence-corrected chi connectivity index (χ3v) is 17.3. The van der Waals surface area contributed by atoms with Gasteiger partial charge >= 0.3 is 5.97 Å². The first-order chi connectivity index (χ1) is 39.5. The summed E-state index contributed by atoms with van der Waals surface area (Å²) in [5.74, 6) is -0.0279. The fraction of sp³-hybridized carbons (Fsp3) is 0.919. The van der Waals surface area contributed by atoms with Gasteiger partial charge in [0.1, 0.15) is 0 Å². The van der Waals surface area contributed by atoms with Crippen molar-refractivity contribution < 1.29 is 24.5 Å². The Labute approximate surface area is 501 Å². The number of rotatable bonds is 69. The first-order valence-electron chi connectivity index (χ1n) is 36.6. The number of unbranched alkanes of at least 4 members (excludes halogenated alkanes) is 54. The lowest BCUT2D eigenvalue weighted by Gasteiger charge is -2.22. The minimum atomic E-state index is -0.666. The molecule has 0 radical (unpaired) electrons. The maximum atomic E-state index is 12.6. The third-order valence-electron chi connectivity index (χ3n) is 17.3. The average Bonchev–Trinajstić information content (AvgIpc) is 3.46. The van der Waals surface area contributed by atoms with Crippen LogP contribution < -0.4 is 5.32 Å². The predicted octanol–water partition coefficient (Wildman–Crippen LogP) is 23.7. The van der Waals surface area contributed by atoms with Gasteiger partial charge in [-0.3, -0.25) is 9.59 Å². The van der Waals surface area contributed by atoms with Crippen molar-refractivity contribution >= 4 is 11.9 Å². The number of aliphatic hydroxyl groups excluding tert-OH is 2. The smallest absolute Gasteiger partial charge is 0.305 e. The van der Waals surface area contributed by atoms with Crippen LogP contribution in [0.2, 0.25) is 0 Å². The molecule has 0 saturated heterocycles. The number of hydrogen-bond acceptors (Lipinski definition) is 5. The summed E-state index contributed by atoms with van der Waals surface area (Å²) in [5, 5.41) is 23.5. The van der Waals surface area contributed by atoms with Crippen LogP contribution in [0.25, 0.3) is 0 Å². The standard InChI is InChI=1S/C74H143NO5/c1-3-5-7-9-11-13-15-17-19-20-21-22-23-24-26-29-32-35-39-42-46-50-54-58-62-66-72(77)71(70-76)75-73(78)67-63-59-55-51-47-43-40-36-33-30-27-25-28-31-34-37-41-45-49-53-57-61-65-69-80-74(79)68-64-60-56-52-48-44-38-18-16-14-12-10-8-6-4-2/h12,14,18,38,71-72,76-77H,3-11,13,15-17,19-37,39-70H2,1-2H3,(H,75,78)/b14-12-,38-18-. The summed E-state index contributed by atoms with van der Waals surface area (Å²) in [6.07, 6.45) is 88.0. The molecule has 0 aromatic carbocycles. The zero-order chi connectivity index (χ0) is 57.8. The maximum absolute atomic E-state index is 12.6. The molecule has 2 atom stereocenters. The molecule has 2 unspecified atom stereocenters. The van der Waals surface area contributed by atoms with Crippen LogP contribution in [0.5, 0.6) is 0 Å². The number of allylic oxidation sites excluding steroid dienone is 4. The molecule has 0 aliphatic rings. The molecule has 0 bridgehead atoms. The Bertz CT molecular complexity index is 1250. The summed E-state index contributed by atoms with van der Waals surface area (Å²) in [6.45, 7) is 4.96. The number of nitrogens with one attached hydrogen (secondary N) is 1. The van der Waals surface area contributed by atoms with E-state index in [-0.39, 0.29) is 18.5 Å². The molecule has 0 rings (SSSR count). The van der Waals surface area contributed by atoms with E-state index in [0.29, 0.717) is 25.9 Å². The molecule has 6 nitrogen and oxygen atoms in total. The van der Waals surface area contributed by atoms with Gasteiger partial charge in [-0.2, -0.15) is 0 Å². The molecule has 0 aliphatic carbocycles. The van der Waals surface area contributed by atoms with Gasteiger partial charge < -0.3 is 20.3 Å². The van der Waals surface area contributed by atoms with E-state index in [2.05, 4.69) is 43.5 Å². The van der Waals surface area contributed by atoms with Crippen LogP contribution in [0.1, 0.15) is 412 Å². The summed E-state index contributed by atoms with van der Waals surface area (Å²) in [4.78, 5) is 24.6. The van der Waals surface area contributed by atoms with Gasteiger partial charge in [0, 0.05) is 12.8 Å². The molecule has 0 spiro atoms. The van der Waals surface area contributed by atoms with E-state index >= 15 is 0 Å². The summed E-state index contributed by atoms with van der Waals surface area (Å²) < 4.78 is 5.49. The highest BCUT2D eigenvalue weighted by molar-refractivity contribution is 5.76. The number of aliphatic hydroxyl groups is 2. The van der Waals surface area contributed by atoms with Gasteiger partial charge in [0.2, 0.25) is 5.91 Å². The number of amides is 1. The van der Waals surface area contributed by atoms with Gasteiger partial charge in [-0.15, -0.1) is 0 Å². The summed E-state index contributed by atoms with van der Waals surface area (Å²) in [5.41, 5.74) is 0. The number of esters is 1. The van der Waals surface area contributed by atoms with Crippen molar-refractivity contribution in [1.29, 1.82) is 0 Å². The lowest BCUT2D eigenvalue weighted by Crippen LogP contribution is -2.45. The van der Waals surface area contributed by atoms with E-state index in [4.69, 9.17) is 4.74 Å². The Morgan fingerprint density at radius 2 is 0.625 bits per heavy atom. The number of hydrogen-bond donors (Lipinski definition) is 3. The Hall–Kier alpha value is -1.66. The molecule has 0 aromatic rings. The topological polar surface area (TPSA) is 95.9 Å². The Morgan fingerprint density at radius 1 is 0.350 bits per heavy atom. The van der Waals surface area contributed by atoms with Crippen molar-refractivity contribution in [2.75, 3.05) is 13.2 Å². The summed E-state index contributed by atoms with van der Waals surface area (Å²) in [7, 11) is 0. The van der Waals surface area contributed by atoms with Crippen LogP contribution in [-0.2, 0) is 14.3 Å². The summed E-state index contributed by atoms with van der Waals surface area (Å²) >= 11 is 0. The molecule has 0 fully saturated rings. The normalized spacial score (nSPS) is 12.6. The van der Waals surface area contributed by atoms with Crippen molar-refractivity contribution in [3.8, 4) is 0 Å². The number of ether oxygens (including phenoxy) is 1. The Kier molecular flexibility index (Phi) is 68.4. The van der Waals surface area contributed by atoms with Crippen LogP contribution >= 0.6 is 0 Å². The molecule has 0 saturated carbocycles. The quantitative estimate of drug-likeness (QED) is 0.0320. The molecule has 1 amide bonds. The van der Waals surface area contributed by atoms with Crippen LogP contribution in [0.15, 0.2) is 24.3 Å². The van der Waals surface area contributed by atoms with Gasteiger partial charge in [0.25, 0.3) is 0 Å². The minimum absolute atomic E-state index is 0.00149. The molecule has 80 heavy (non-hydrogen) atoms. The van der Waals surface area contributed by atoms with Gasteiger partial charge in [-0.1, -0.05) is 366 Å². The zero-order valence-electron chi connectivity index (χ0n) is 54.3. The van der Waals surface area contributed by atoms with Crippen LogP contribution in [-0.4, -0.2) is 47.4 Å². The fourth-order valence-corrected chi connectivity index (χ4v) is 11.7. The van der Waals surface area contributed by atoms with Crippen molar-refractivity contribution in [2.45, 2.75) is 424 Å². The van der Waals surface area contributed by atoms with Crippen LogP contribution in [0, 0.1) is 0 Å². The largest absolute Gasteiger partial charge is 0.466 e. The van der Waals surface area contributed by atoms with Gasteiger partial charge in [0.15, 0.2) is 0 Å². The second kappa shape index (κ2) is 69.8. The van der Waals surface area contributed by atoms with E-state index in [9.17, 15) is 19.8 Å². The van der Waals surface area contributed by atoms with Gasteiger partial charge in [-0.25, -0.2) is 0 Å². The third kappa shape index (κ3) is 65.5. The van der Waals surface area contributed by atoms with Crippen LogP contribution in [0.4, 0.5) is 0 Å². The van der Waals surface area contributed by atoms with Crippen LogP contribution in [0.3, 0.4) is 0 Å². The zero-order valence-corrected chi connectivity index (χ0v) is 54.3. The average molecular weight is 1130 g/mol. The van der Waals surface area contributed by atoms with Gasteiger partial charge in [-0.05, 0) is 57.8 Å². The van der Waals surface area contributed by atoms with Crippen molar-refractivity contribution in [3.05, 3.63) is 24.3 Å². The monoisotopic (exact) mass is 1130 g/mol. The highest BCUT2D eigenvalue weighted by Crippen LogP contribution is 2.19. The molecule has 0 aromatic heterocycles. The summed E-state index contributed by atoms with van der Waals surface area (Å²) in [6, 6.07) is -0.543. The molecular weight excluding hydrogens is 983 g/mol. The molecule has 0 heterocycles. The Morgan fingerprint density at radius 3 is 0.975 bits per heavy atom. The highest BCUT2D eigenvalue weighted by Gasteiger charge is 2.20. The second-order valence-corrected chi connectivity index (χ2v) is 25.3. The fourth-order valence-electron chi connectivity index (χ4n) is 11.7. The number of carbonyl (C=O) groups excluding carboxylic acids is 2. The van der Waals surface area contributed by atoms with E-state index in [1.807, 2.05) is 0 Å². The number of carbonyl (C=O) groups is 2. The molecule has 0 aliphatic heterocycles. The van der Waals surface area contributed by atoms with E-state index in [1.54, 1.807) is 0 Å². The van der Waals surface area contributed by atoms with Crippen molar-refractivity contribution in [1.82, 2.24) is 5.32 Å². The Balaban J connectivity index is 3.38. The molecule has 3 N–H and O–H groups in total. The molecule has 6 heteroatoms. The lowest BCUT2D eigenvalue weighted by atomic mass is 10.0. The minimum Gasteiger partial charge on any atom is -0.466 e. The SMILES string of the molecule is CCCCC/C=C\C/C=C\CCCCCCCC(=O)OCCCCCCCCCCCCCCCCCCCCCCCCCC(=O)NC(CO)C(O)CCCCCCCCCCCCCCCCCCCCCCCCCCC. The van der Waals surface area contributed by atoms with E-state index < -0.39 is 12.1 Å². The van der Waals surface area contributed by atoms with Crippen molar-refractivity contribution in [2.24, 2.45) is 0 Å². The highest BCUT2D eigenvalue weighted by atomic mass is 16.5. The second-order valence-electron chi connectivity index (χ2n) is 25.3. The molecule has 474 valence electrons.